The van der Waals surface area contributed by atoms with Crippen LogP contribution >= 0.6 is 22.9 Å². The number of nitro benzene ring substituents is 1. The summed E-state index contributed by atoms with van der Waals surface area (Å²) < 4.78 is 0.813. The van der Waals surface area contributed by atoms with E-state index in [2.05, 4.69) is 21.2 Å². The molecule has 1 aromatic carbocycles. The average Bonchev–Trinajstić information content (AvgIpc) is 3.06. The van der Waals surface area contributed by atoms with E-state index in [1.807, 2.05) is 6.07 Å². The Morgan fingerprint density at radius 2 is 1.85 bits per heavy atom. The molecule has 3 rings (SSSR count). The minimum absolute atomic E-state index is 0.0897. The molecule has 1 aromatic heterocycles. The Bertz CT molecular complexity index is 805. The van der Waals surface area contributed by atoms with Gasteiger partial charge >= 0.3 is 0 Å². The van der Waals surface area contributed by atoms with Gasteiger partial charge in [0.2, 0.25) is 5.91 Å². The van der Waals surface area contributed by atoms with Crippen molar-refractivity contribution in [3.8, 4) is 0 Å². The van der Waals surface area contributed by atoms with Gasteiger partial charge in [0.1, 0.15) is 5.69 Å². The van der Waals surface area contributed by atoms with Gasteiger partial charge in [0.25, 0.3) is 5.69 Å². The van der Waals surface area contributed by atoms with Crippen LogP contribution in [0.5, 0.6) is 0 Å². The molecule has 1 amide bonds. The highest BCUT2D eigenvalue weighted by Crippen LogP contribution is 2.24. The molecule has 2 heterocycles. The molecule has 1 N–H and O–H groups in total. The zero-order valence-electron chi connectivity index (χ0n) is 14.8. The first-order valence-electron chi connectivity index (χ1n) is 8.73. The molecule has 1 saturated heterocycles. The van der Waals surface area contributed by atoms with Crippen molar-refractivity contribution in [3.05, 3.63) is 55.7 Å². The highest BCUT2D eigenvalue weighted by molar-refractivity contribution is 7.16. The molecule has 1 aliphatic rings. The lowest BCUT2D eigenvalue weighted by Gasteiger charge is -2.34. The van der Waals surface area contributed by atoms with Crippen molar-refractivity contribution in [1.29, 1.82) is 0 Å². The summed E-state index contributed by atoms with van der Waals surface area (Å²) in [7, 11) is 0. The number of halogens is 1. The number of nitro groups is 1. The molecule has 0 atom stereocenters. The fourth-order valence-electron chi connectivity index (χ4n) is 3.04. The molecular weight excluding hydrogens is 388 g/mol. The third-order valence-corrected chi connectivity index (χ3v) is 5.72. The van der Waals surface area contributed by atoms with Crippen molar-refractivity contribution in [1.82, 2.24) is 9.80 Å². The van der Waals surface area contributed by atoms with Crippen LogP contribution in [-0.2, 0) is 11.3 Å². The molecule has 0 saturated carbocycles. The zero-order valence-corrected chi connectivity index (χ0v) is 16.3. The lowest BCUT2D eigenvalue weighted by molar-refractivity contribution is -0.383. The first kappa shape index (κ1) is 19.8. The van der Waals surface area contributed by atoms with E-state index in [1.54, 1.807) is 29.5 Å². The number of nitrogens with one attached hydrogen (secondary N) is 1. The lowest BCUT2D eigenvalue weighted by atomic mass is 10.2. The number of piperazine rings is 1. The van der Waals surface area contributed by atoms with Crippen LogP contribution in [0.4, 0.5) is 11.4 Å². The Balaban J connectivity index is 1.41. The van der Waals surface area contributed by atoms with Crippen LogP contribution in [0.3, 0.4) is 0 Å². The van der Waals surface area contributed by atoms with E-state index in [9.17, 15) is 14.9 Å². The van der Waals surface area contributed by atoms with Crippen LogP contribution in [0.15, 0.2) is 36.4 Å². The first-order valence-corrected chi connectivity index (χ1v) is 9.93. The second-order valence-electron chi connectivity index (χ2n) is 6.40. The number of hydrogen-bond donors (Lipinski definition) is 1. The quantitative estimate of drug-likeness (QED) is 0.560. The van der Waals surface area contributed by atoms with Crippen LogP contribution in [0, 0.1) is 10.1 Å². The topological polar surface area (TPSA) is 78.7 Å². The molecule has 0 spiro atoms. The van der Waals surface area contributed by atoms with Crippen molar-refractivity contribution in [2.24, 2.45) is 0 Å². The minimum atomic E-state index is -0.490. The van der Waals surface area contributed by atoms with Crippen molar-refractivity contribution in [2.45, 2.75) is 13.0 Å². The number of carbonyl (C=O) groups is 1. The SMILES string of the molecule is O=C(CCN1CCN(Cc2ccc(Cl)s2)CC1)Nc1ccccc1[N+](=O)[O-]. The van der Waals surface area contributed by atoms with Crippen LogP contribution in [0.25, 0.3) is 0 Å². The van der Waals surface area contributed by atoms with Gasteiger partial charge < -0.3 is 10.2 Å². The molecule has 1 fully saturated rings. The summed E-state index contributed by atoms with van der Waals surface area (Å²) in [6.07, 6.45) is 0.312. The summed E-state index contributed by atoms with van der Waals surface area (Å²) in [4.78, 5) is 28.6. The van der Waals surface area contributed by atoms with Gasteiger partial charge in [-0.1, -0.05) is 23.7 Å². The van der Waals surface area contributed by atoms with Crippen molar-refractivity contribution in [2.75, 3.05) is 38.0 Å². The maximum absolute atomic E-state index is 12.2. The van der Waals surface area contributed by atoms with Crippen molar-refractivity contribution < 1.29 is 9.72 Å². The van der Waals surface area contributed by atoms with Crippen LogP contribution in [0.1, 0.15) is 11.3 Å². The van der Waals surface area contributed by atoms with E-state index in [0.717, 1.165) is 37.1 Å². The molecule has 0 bridgehead atoms. The lowest BCUT2D eigenvalue weighted by Crippen LogP contribution is -2.46. The number of amides is 1. The summed E-state index contributed by atoms with van der Waals surface area (Å²) in [5, 5.41) is 13.7. The van der Waals surface area contributed by atoms with Gasteiger partial charge in [-0.3, -0.25) is 19.8 Å². The Hall–Kier alpha value is -2.00. The monoisotopic (exact) mass is 408 g/mol. The second kappa shape index (κ2) is 9.27. The van der Waals surface area contributed by atoms with Gasteiger partial charge in [0.05, 0.1) is 9.26 Å². The molecule has 2 aromatic rings. The molecule has 0 aliphatic carbocycles. The van der Waals surface area contributed by atoms with Gasteiger partial charge in [-0.15, -0.1) is 11.3 Å². The van der Waals surface area contributed by atoms with E-state index in [-0.39, 0.29) is 17.3 Å². The molecular formula is C18H21ClN4O3S. The number of nitrogens with zero attached hydrogens (tertiary/aromatic N) is 3. The fraction of sp³-hybridized carbons (Fsp3) is 0.389. The Morgan fingerprint density at radius 1 is 1.15 bits per heavy atom. The molecule has 144 valence electrons. The summed E-state index contributed by atoms with van der Waals surface area (Å²) in [6.45, 7) is 5.24. The standard InChI is InChI=1S/C18H21ClN4O3S/c19-17-6-5-14(27-17)13-22-11-9-21(10-12-22)8-7-18(24)20-15-3-1-2-4-16(15)23(25)26/h1-6H,7-13H2,(H,20,24). The Labute approximate surface area is 166 Å². The second-order valence-corrected chi connectivity index (χ2v) is 8.20. The van der Waals surface area contributed by atoms with E-state index in [0.29, 0.717) is 13.0 Å². The van der Waals surface area contributed by atoms with Crippen molar-refractivity contribution >= 4 is 40.2 Å². The average molecular weight is 409 g/mol. The van der Waals surface area contributed by atoms with Crippen LogP contribution in [-0.4, -0.2) is 53.4 Å². The van der Waals surface area contributed by atoms with Gasteiger partial charge in [0, 0.05) is 56.6 Å². The third kappa shape index (κ3) is 5.74. The highest BCUT2D eigenvalue weighted by Gasteiger charge is 2.19. The number of hydrogen-bond acceptors (Lipinski definition) is 6. The zero-order chi connectivity index (χ0) is 19.2. The number of rotatable bonds is 7. The molecule has 0 radical (unpaired) electrons. The number of anilines is 1. The molecule has 27 heavy (non-hydrogen) atoms. The van der Waals surface area contributed by atoms with E-state index in [1.165, 1.54) is 10.9 Å². The van der Waals surface area contributed by atoms with Crippen molar-refractivity contribution in [3.63, 3.8) is 0 Å². The predicted molar refractivity (Wildman–Crippen MR) is 107 cm³/mol. The fourth-order valence-corrected chi connectivity index (χ4v) is 4.17. The molecule has 9 heteroatoms. The number of thiophene rings is 1. The smallest absolute Gasteiger partial charge is 0.292 e. The first-order chi connectivity index (χ1) is 13.0. The minimum Gasteiger partial charge on any atom is -0.320 e. The summed E-state index contributed by atoms with van der Waals surface area (Å²) in [6, 6.07) is 10.2. The number of carbonyl (C=O) groups excluding carboxylic acids is 1. The van der Waals surface area contributed by atoms with Gasteiger partial charge in [-0.25, -0.2) is 0 Å². The largest absolute Gasteiger partial charge is 0.320 e. The summed E-state index contributed by atoms with van der Waals surface area (Å²) >= 11 is 7.58. The van der Waals surface area contributed by atoms with E-state index in [4.69, 9.17) is 11.6 Å². The number of para-hydroxylation sites is 2. The number of benzene rings is 1. The van der Waals surface area contributed by atoms with E-state index >= 15 is 0 Å². The van der Waals surface area contributed by atoms with Crippen LogP contribution in [0.2, 0.25) is 4.34 Å². The summed E-state index contributed by atoms with van der Waals surface area (Å²) in [5.41, 5.74) is 0.153. The maximum atomic E-state index is 12.2. The van der Waals surface area contributed by atoms with Gasteiger partial charge in [0.15, 0.2) is 0 Å². The molecule has 0 unspecified atom stereocenters. The summed E-state index contributed by atoms with van der Waals surface area (Å²) in [5.74, 6) is -0.208. The normalized spacial score (nSPS) is 15.6. The van der Waals surface area contributed by atoms with Gasteiger partial charge in [-0.05, 0) is 18.2 Å². The third-order valence-electron chi connectivity index (χ3n) is 4.50. The van der Waals surface area contributed by atoms with Crippen LogP contribution < -0.4 is 5.32 Å². The van der Waals surface area contributed by atoms with Gasteiger partial charge in [-0.2, -0.15) is 0 Å². The predicted octanol–water partition coefficient (Wildman–Crippen LogP) is 3.46. The molecule has 1 aliphatic heterocycles. The Morgan fingerprint density at radius 3 is 2.52 bits per heavy atom. The van der Waals surface area contributed by atoms with E-state index < -0.39 is 4.92 Å². The Kier molecular flexibility index (Phi) is 6.78. The highest BCUT2D eigenvalue weighted by atomic mass is 35.5. The molecule has 7 nitrogen and oxygen atoms in total. The maximum Gasteiger partial charge on any atom is 0.292 e.